The van der Waals surface area contributed by atoms with Crippen LogP contribution in [0.1, 0.15) is 75.0 Å². The van der Waals surface area contributed by atoms with Crippen molar-refractivity contribution in [1.82, 2.24) is 30.4 Å². The summed E-state index contributed by atoms with van der Waals surface area (Å²) in [5.74, 6) is 0.375. The smallest absolute Gasteiger partial charge is 0.407 e. The lowest BCUT2D eigenvalue weighted by Crippen LogP contribution is -2.53. The summed E-state index contributed by atoms with van der Waals surface area (Å²) in [5.41, 5.74) is 7.88. The van der Waals surface area contributed by atoms with Crippen LogP contribution in [0, 0.1) is 17.8 Å². The number of thioether (sulfide) groups is 1. The van der Waals surface area contributed by atoms with Gasteiger partial charge in [0.25, 0.3) is 0 Å². The van der Waals surface area contributed by atoms with E-state index in [2.05, 4.69) is 70.4 Å². The van der Waals surface area contributed by atoms with E-state index < -0.39 is 18.2 Å². The van der Waals surface area contributed by atoms with Gasteiger partial charge in [-0.05, 0) is 71.2 Å². The number of allylic oxidation sites excluding steroid dienone is 1. The van der Waals surface area contributed by atoms with Crippen LogP contribution < -0.4 is 10.6 Å². The Kier molecular flexibility index (Phi) is 13.5. The van der Waals surface area contributed by atoms with Gasteiger partial charge in [-0.3, -0.25) is 19.4 Å². The third-order valence-corrected chi connectivity index (χ3v) is 13.8. The van der Waals surface area contributed by atoms with Crippen LogP contribution in [0.15, 0.2) is 96.3 Å². The number of imidazole rings is 1. The van der Waals surface area contributed by atoms with E-state index in [1.54, 1.807) is 18.9 Å². The average molecular weight is 872 g/mol. The fourth-order valence-corrected chi connectivity index (χ4v) is 9.78. The van der Waals surface area contributed by atoms with Crippen LogP contribution in [0.2, 0.25) is 0 Å². The molecule has 4 aliphatic rings. The van der Waals surface area contributed by atoms with Crippen molar-refractivity contribution in [2.75, 3.05) is 40.2 Å². The molecule has 3 N–H and O–H groups in total. The number of aromatic amines is 1. The lowest BCUT2D eigenvalue weighted by atomic mass is 9.95. The molecule has 3 fully saturated rings. The van der Waals surface area contributed by atoms with Crippen LogP contribution in [-0.2, 0) is 23.9 Å². The first-order valence-electron chi connectivity index (χ1n) is 21.9. The Hall–Kier alpha value is -5.73. The van der Waals surface area contributed by atoms with Crippen molar-refractivity contribution in [3.63, 3.8) is 0 Å². The second-order valence-electron chi connectivity index (χ2n) is 17.4. The number of benzene rings is 3. The molecular weight excluding hydrogens is 815 g/mol. The maximum Gasteiger partial charge on any atom is 0.407 e. The van der Waals surface area contributed by atoms with Gasteiger partial charge in [0.2, 0.25) is 17.7 Å². The zero-order valence-corrected chi connectivity index (χ0v) is 37.4. The third-order valence-electron chi connectivity index (χ3n) is 12.8. The number of hydrogen-bond acceptors (Lipinski definition) is 9. The highest BCUT2D eigenvalue weighted by Gasteiger charge is 2.44. The van der Waals surface area contributed by atoms with Gasteiger partial charge in [-0.2, -0.15) is 11.8 Å². The number of methoxy groups -OCH3 is 2. The number of alkyl carbamates (subject to hydrolysis) is 1. The molecule has 6 atom stereocenters. The number of likely N-dealkylation sites (tertiary alicyclic amines) is 2. The number of nitrogens with one attached hydrogen (secondary N) is 3. The zero-order chi connectivity index (χ0) is 44.2. The molecule has 4 aromatic rings. The Morgan fingerprint density at radius 1 is 0.825 bits per heavy atom. The first-order valence-corrected chi connectivity index (χ1v) is 23.2. The van der Waals surface area contributed by atoms with Crippen molar-refractivity contribution in [3.8, 4) is 22.4 Å². The quantitative estimate of drug-likeness (QED) is 0.111. The summed E-state index contributed by atoms with van der Waals surface area (Å²) in [6.45, 7) is 5.47. The van der Waals surface area contributed by atoms with Gasteiger partial charge in [0, 0.05) is 55.6 Å². The highest BCUT2D eigenvalue weighted by Crippen LogP contribution is 2.39. The Morgan fingerprint density at radius 3 is 2.13 bits per heavy atom. The normalized spacial score (nSPS) is 21.8. The van der Waals surface area contributed by atoms with E-state index in [-0.39, 0.29) is 52.8 Å². The topological polar surface area (TPSA) is 158 Å². The molecule has 0 spiro atoms. The molecule has 0 unspecified atom stereocenters. The molecule has 0 bridgehead atoms. The summed E-state index contributed by atoms with van der Waals surface area (Å²) in [7, 11) is 2.98. The predicted octanol–water partition coefficient (Wildman–Crippen LogP) is 7.45. The lowest BCUT2D eigenvalue weighted by Gasteiger charge is -2.31. The minimum atomic E-state index is -0.783. The van der Waals surface area contributed by atoms with Crippen LogP contribution in [0.4, 0.5) is 4.79 Å². The van der Waals surface area contributed by atoms with Gasteiger partial charge in [-0.15, -0.1) is 0 Å². The number of aliphatic imine (C=N–C) groups is 1. The molecule has 4 heterocycles. The van der Waals surface area contributed by atoms with Crippen molar-refractivity contribution in [2.24, 2.45) is 22.7 Å². The molecule has 8 rings (SSSR count). The zero-order valence-electron chi connectivity index (χ0n) is 36.6. The molecule has 1 aromatic heterocycles. The SMILES string of the molecule is COC[C@H]1C[C@@H](c2ncc(-c3ccc(-c4ccc(C5=CN=C([C@@H]6C[C@H](SC)CN6C(=O)[C@@H](NC(=O)OC)C(C)C)C5)cc4)cc3)[nH]2)N(C(=O)[C@H](NC(=O)C2CC2)c2ccccc2)C1. The van der Waals surface area contributed by atoms with E-state index in [4.69, 9.17) is 19.5 Å². The van der Waals surface area contributed by atoms with Gasteiger partial charge in [-0.25, -0.2) is 9.78 Å². The predicted molar refractivity (Wildman–Crippen MR) is 246 cm³/mol. The van der Waals surface area contributed by atoms with Crippen molar-refractivity contribution in [3.05, 3.63) is 108 Å². The summed E-state index contributed by atoms with van der Waals surface area (Å²) in [6.07, 6.45) is 9.07. The van der Waals surface area contributed by atoms with Crippen molar-refractivity contribution in [1.29, 1.82) is 0 Å². The number of nitrogens with zero attached hydrogens (tertiary/aromatic N) is 4. The van der Waals surface area contributed by atoms with Crippen LogP contribution in [-0.4, -0.2) is 107 Å². The summed E-state index contributed by atoms with van der Waals surface area (Å²) in [6, 6.07) is 24.4. The van der Waals surface area contributed by atoms with E-state index >= 15 is 0 Å². The molecule has 4 amide bonds. The first kappa shape index (κ1) is 43.9. The molecule has 330 valence electrons. The standard InChI is InChI=1S/C49H57N7O6S/c1-29(2)43(54-49(60)62-4)47(58)56-27-38(63-5)23-41(56)39-22-37(24-50-39)33-13-11-31(12-14-33)32-15-17-34(18-16-32)40-25-51-45(52-40)42-21-30(28-61-3)26-55(42)48(59)44(35-9-7-6-8-10-35)53-46(57)36-19-20-36/h6-18,24-25,29-30,36,38,41-44H,19-23,26-28H2,1-5H3,(H,51,52)(H,53,57)(H,54,60)/t30-,38-,41-,42-,43-,44+/m0/s1. The van der Waals surface area contributed by atoms with Gasteiger partial charge in [0.05, 0.1) is 37.7 Å². The van der Waals surface area contributed by atoms with E-state index in [9.17, 15) is 19.2 Å². The monoisotopic (exact) mass is 871 g/mol. The van der Waals surface area contributed by atoms with Crippen molar-refractivity contribution >= 4 is 46.9 Å². The van der Waals surface area contributed by atoms with Crippen molar-refractivity contribution < 1.29 is 28.7 Å². The number of carbonyl (C=O) groups is 4. The van der Waals surface area contributed by atoms with Crippen molar-refractivity contribution in [2.45, 2.75) is 75.4 Å². The Labute approximate surface area is 373 Å². The molecule has 1 aliphatic carbocycles. The van der Waals surface area contributed by atoms with Gasteiger partial charge in [0.1, 0.15) is 17.9 Å². The Morgan fingerprint density at radius 2 is 1.49 bits per heavy atom. The van der Waals surface area contributed by atoms with Gasteiger partial charge < -0.3 is 34.9 Å². The number of aromatic nitrogens is 2. The summed E-state index contributed by atoms with van der Waals surface area (Å²) in [4.78, 5) is 70.3. The molecule has 1 saturated carbocycles. The molecule has 2 saturated heterocycles. The fourth-order valence-electron chi connectivity index (χ4n) is 9.09. The van der Waals surface area contributed by atoms with E-state index in [1.165, 1.54) is 7.11 Å². The Balaban J connectivity index is 0.926. The number of rotatable bonds is 15. The molecule has 63 heavy (non-hydrogen) atoms. The lowest BCUT2D eigenvalue weighted by molar-refractivity contribution is -0.138. The van der Waals surface area contributed by atoms with Gasteiger partial charge in [-0.1, -0.05) is 92.7 Å². The largest absolute Gasteiger partial charge is 0.453 e. The van der Waals surface area contributed by atoms with Crippen LogP contribution in [0.25, 0.3) is 28.0 Å². The first-order chi connectivity index (χ1) is 30.5. The van der Waals surface area contributed by atoms with E-state index in [0.717, 1.165) is 64.1 Å². The highest BCUT2D eigenvalue weighted by molar-refractivity contribution is 7.99. The second-order valence-corrected chi connectivity index (χ2v) is 18.6. The van der Waals surface area contributed by atoms with Crippen LogP contribution in [0.5, 0.6) is 0 Å². The van der Waals surface area contributed by atoms with E-state index in [1.807, 2.05) is 66.4 Å². The number of hydrogen-bond donors (Lipinski definition) is 3. The van der Waals surface area contributed by atoms with Gasteiger partial charge >= 0.3 is 6.09 Å². The number of amides is 4. The van der Waals surface area contributed by atoms with Gasteiger partial charge in [0.15, 0.2) is 0 Å². The van der Waals surface area contributed by atoms with Crippen LogP contribution in [0.3, 0.4) is 0 Å². The Bertz CT molecular complexity index is 2340. The minimum Gasteiger partial charge on any atom is -0.453 e. The number of H-pyrrole nitrogens is 1. The maximum absolute atomic E-state index is 14.4. The number of carbonyl (C=O) groups excluding carboxylic acids is 4. The minimum absolute atomic E-state index is 0.0248. The number of ether oxygens (including phenoxy) is 2. The molecule has 3 aromatic carbocycles. The van der Waals surface area contributed by atoms with E-state index in [0.29, 0.717) is 38.4 Å². The molecule has 14 heteroatoms. The summed E-state index contributed by atoms with van der Waals surface area (Å²) >= 11 is 1.75. The third kappa shape index (κ3) is 9.77. The molecule has 3 aliphatic heterocycles. The molecule has 0 radical (unpaired) electrons. The second kappa shape index (κ2) is 19.3. The maximum atomic E-state index is 14.4. The van der Waals surface area contributed by atoms with Crippen LogP contribution >= 0.6 is 11.8 Å². The fraction of sp³-hybridized carbons (Fsp3) is 0.429. The summed E-state index contributed by atoms with van der Waals surface area (Å²) in [5, 5.41) is 6.09. The molecular formula is C49H57N7O6S. The average Bonchev–Trinajstić information content (AvgIpc) is 3.66. The molecule has 13 nitrogen and oxygen atoms in total. The highest BCUT2D eigenvalue weighted by atomic mass is 32.2. The summed E-state index contributed by atoms with van der Waals surface area (Å²) < 4.78 is 10.4.